The first-order valence-electron chi connectivity index (χ1n) is 13.7. The highest BCUT2D eigenvalue weighted by molar-refractivity contribution is 5.76. The highest BCUT2D eigenvalue weighted by atomic mass is 16.5. The zero-order valence-electron chi connectivity index (χ0n) is 20.7. The van der Waals surface area contributed by atoms with E-state index in [9.17, 15) is 4.79 Å². The van der Waals surface area contributed by atoms with Crippen LogP contribution in [-0.4, -0.2) is 36.7 Å². The summed E-state index contributed by atoms with van der Waals surface area (Å²) in [6.07, 6.45) is 11.1. The first-order chi connectivity index (χ1) is 15.3. The minimum atomic E-state index is 0.0447. The molecule has 3 saturated heterocycles. The Morgan fingerprint density at radius 2 is 1.94 bits per heavy atom. The first kappa shape index (κ1) is 21.6. The Bertz CT molecular complexity index is 822. The number of carbonyl (C=O) groups is 1. The molecule has 3 aliphatic carbocycles. The zero-order chi connectivity index (χ0) is 22.3. The Kier molecular flexibility index (Phi) is 5.12. The predicted octanol–water partition coefficient (Wildman–Crippen LogP) is 4.84. The van der Waals surface area contributed by atoms with E-state index >= 15 is 0 Å². The molecule has 4 nitrogen and oxygen atoms in total. The van der Waals surface area contributed by atoms with E-state index in [-0.39, 0.29) is 11.5 Å². The summed E-state index contributed by atoms with van der Waals surface area (Å²) in [5, 5.41) is 7.08. The summed E-state index contributed by atoms with van der Waals surface area (Å²) in [6.45, 7) is 11.9. The molecule has 4 heteroatoms. The molecule has 0 aromatic carbocycles. The summed E-state index contributed by atoms with van der Waals surface area (Å²) >= 11 is 0. The second-order valence-corrected chi connectivity index (χ2v) is 13.0. The molecule has 3 aliphatic heterocycles. The average molecular weight is 441 g/mol. The van der Waals surface area contributed by atoms with Gasteiger partial charge >= 0.3 is 0 Å². The largest absolute Gasteiger partial charge is 0.369 e. The lowest BCUT2D eigenvalue weighted by molar-refractivity contribution is -0.121. The van der Waals surface area contributed by atoms with Crippen molar-refractivity contribution < 1.29 is 9.53 Å². The fourth-order valence-electron chi connectivity index (χ4n) is 9.53. The van der Waals surface area contributed by atoms with Gasteiger partial charge in [-0.3, -0.25) is 4.79 Å². The fourth-order valence-corrected chi connectivity index (χ4v) is 9.53. The number of carbonyl (C=O) groups excluding carboxylic acids is 1. The van der Waals surface area contributed by atoms with Crippen LogP contribution < -0.4 is 10.6 Å². The van der Waals surface area contributed by atoms with Crippen LogP contribution >= 0.6 is 0 Å². The SMILES string of the molecule is CC1=C2C[C@H]3[C@@H](CC[C@@H]4CNC(=O)CC[C@@]43C)[C@@H]2CC[C@@]2(C1)O[C@@H]1C[C@H](C)CN[C@@H]1[C@H]2C. The number of allylic oxidation sites excluding steroid dienone is 1. The molecule has 6 aliphatic rings. The van der Waals surface area contributed by atoms with Crippen molar-refractivity contribution >= 4 is 5.91 Å². The van der Waals surface area contributed by atoms with Crippen molar-refractivity contribution in [3.63, 3.8) is 0 Å². The van der Waals surface area contributed by atoms with Crippen molar-refractivity contribution in [1.29, 1.82) is 0 Å². The predicted molar refractivity (Wildman–Crippen MR) is 127 cm³/mol. The third kappa shape index (κ3) is 3.11. The van der Waals surface area contributed by atoms with Gasteiger partial charge in [0.1, 0.15) is 0 Å². The second-order valence-electron chi connectivity index (χ2n) is 13.0. The Hall–Kier alpha value is -0.870. The van der Waals surface area contributed by atoms with E-state index in [2.05, 4.69) is 38.3 Å². The molecule has 0 unspecified atom stereocenters. The van der Waals surface area contributed by atoms with E-state index in [1.54, 1.807) is 11.1 Å². The van der Waals surface area contributed by atoms with Crippen LogP contribution in [0, 0.1) is 40.9 Å². The van der Waals surface area contributed by atoms with Crippen molar-refractivity contribution in [3.8, 4) is 0 Å². The maximum Gasteiger partial charge on any atom is 0.220 e. The molecular formula is C28H44N2O2. The number of hydrogen-bond acceptors (Lipinski definition) is 3. The van der Waals surface area contributed by atoms with Gasteiger partial charge in [0, 0.05) is 24.9 Å². The summed E-state index contributed by atoms with van der Waals surface area (Å²) in [6, 6.07) is 0.542. The number of nitrogens with one attached hydrogen (secondary N) is 2. The van der Waals surface area contributed by atoms with E-state index < -0.39 is 0 Å². The number of fused-ring (bicyclic) bond motifs is 6. The number of rotatable bonds is 0. The van der Waals surface area contributed by atoms with E-state index in [0.29, 0.717) is 29.4 Å². The normalized spacial score (nSPS) is 53.1. The minimum Gasteiger partial charge on any atom is -0.369 e. The Morgan fingerprint density at radius 1 is 1.09 bits per heavy atom. The topological polar surface area (TPSA) is 50.4 Å². The standard InChI is InChI=1S/C28H44N2O2/c1-16-11-24-26(30-14-16)18(3)28(32-24)10-7-20-21-6-5-19-15-29-25(31)8-9-27(19,4)23(21)12-22(20)17(2)13-28/h16,18-21,23-24,26,30H,5-15H2,1-4H3,(H,29,31)/t16-,18+,19+,20-,21-,23-,24+,26+,27-,28-/m0/s1. The summed E-state index contributed by atoms with van der Waals surface area (Å²) in [5.74, 6) is 4.61. The lowest BCUT2D eigenvalue weighted by Crippen LogP contribution is -2.48. The van der Waals surface area contributed by atoms with E-state index in [1.807, 2.05) is 0 Å². The summed E-state index contributed by atoms with van der Waals surface area (Å²) < 4.78 is 7.02. The van der Waals surface area contributed by atoms with Gasteiger partial charge in [-0.15, -0.1) is 0 Å². The monoisotopic (exact) mass is 440 g/mol. The van der Waals surface area contributed by atoms with Crippen LogP contribution in [0.25, 0.3) is 0 Å². The highest BCUT2D eigenvalue weighted by Crippen LogP contribution is 2.63. The lowest BCUT2D eigenvalue weighted by Gasteiger charge is -2.49. The van der Waals surface area contributed by atoms with Crippen LogP contribution in [0.15, 0.2) is 11.1 Å². The third-order valence-electron chi connectivity index (χ3n) is 11.5. The smallest absolute Gasteiger partial charge is 0.220 e. The summed E-state index contributed by atoms with van der Waals surface area (Å²) in [5.41, 5.74) is 3.83. The fraction of sp³-hybridized carbons (Fsp3) is 0.893. The lowest BCUT2D eigenvalue weighted by atomic mass is 9.55. The maximum absolute atomic E-state index is 12.2. The van der Waals surface area contributed by atoms with Crippen LogP contribution in [0.4, 0.5) is 0 Å². The quantitative estimate of drug-likeness (QED) is 0.530. The van der Waals surface area contributed by atoms with Crippen molar-refractivity contribution in [3.05, 3.63) is 11.1 Å². The molecular weight excluding hydrogens is 396 g/mol. The van der Waals surface area contributed by atoms with Gasteiger partial charge in [0.25, 0.3) is 0 Å². The maximum atomic E-state index is 12.2. The van der Waals surface area contributed by atoms with Crippen LogP contribution in [0.2, 0.25) is 0 Å². The Labute approximate surface area is 194 Å². The van der Waals surface area contributed by atoms with Gasteiger partial charge in [-0.1, -0.05) is 31.9 Å². The molecule has 6 rings (SSSR count). The molecule has 2 saturated carbocycles. The molecule has 0 radical (unpaired) electrons. The second kappa shape index (κ2) is 7.57. The van der Waals surface area contributed by atoms with Gasteiger partial charge in [0.05, 0.1) is 11.7 Å². The first-order valence-corrected chi connectivity index (χ1v) is 13.7. The third-order valence-corrected chi connectivity index (χ3v) is 11.5. The van der Waals surface area contributed by atoms with Gasteiger partial charge in [-0.05, 0) is 99.8 Å². The summed E-state index contributed by atoms with van der Waals surface area (Å²) in [7, 11) is 0. The molecule has 5 fully saturated rings. The molecule has 1 amide bonds. The number of hydrogen-bond donors (Lipinski definition) is 2. The van der Waals surface area contributed by atoms with E-state index in [0.717, 1.165) is 56.0 Å². The molecule has 10 atom stereocenters. The van der Waals surface area contributed by atoms with E-state index in [4.69, 9.17) is 4.74 Å². The highest BCUT2D eigenvalue weighted by Gasteiger charge is 2.58. The van der Waals surface area contributed by atoms with E-state index in [1.165, 1.54) is 38.5 Å². The molecule has 0 aromatic heterocycles. The Morgan fingerprint density at radius 3 is 2.78 bits per heavy atom. The molecule has 178 valence electrons. The van der Waals surface area contributed by atoms with Crippen LogP contribution in [0.1, 0.15) is 85.5 Å². The number of ether oxygens (including phenoxy) is 1. The zero-order valence-corrected chi connectivity index (χ0v) is 20.7. The minimum absolute atomic E-state index is 0.0447. The van der Waals surface area contributed by atoms with Crippen LogP contribution in [-0.2, 0) is 9.53 Å². The van der Waals surface area contributed by atoms with Crippen molar-refractivity contribution in [2.45, 2.75) is 103 Å². The van der Waals surface area contributed by atoms with Crippen molar-refractivity contribution in [2.75, 3.05) is 13.1 Å². The molecule has 0 bridgehead atoms. The molecule has 1 spiro atoms. The number of amides is 1. The van der Waals surface area contributed by atoms with Gasteiger partial charge < -0.3 is 15.4 Å². The number of piperidine rings is 1. The van der Waals surface area contributed by atoms with Crippen LogP contribution in [0.3, 0.4) is 0 Å². The van der Waals surface area contributed by atoms with Crippen LogP contribution in [0.5, 0.6) is 0 Å². The van der Waals surface area contributed by atoms with Crippen molar-refractivity contribution in [1.82, 2.24) is 10.6 Å². The molecule has 2 N–H and O–H groups in total. The average Bonchev–Trinajstić information content (AvgIpc) is 3.15. The van der Waals surface area contributed by atoms with Gasteiger partial charge in [0.2, 0.25) is 5.91 Å². The molecule has 3 heterocycles. The molecule has 0 aromatic rings. The Balaban J connectivity index is 1.28. The van der Waals surface area contributed by atoms with Gasteiger partial charge in [0.15, 0.2) is 0 Å². The van der Waals surface area contributed by atoms with Gasteiger partial charge in [-0.25, -0.2) is 0 Å². The summed E-state index contributed by atoms with van der Waals surface area (Å²) in [4.78, 5) is 12.2. The molecule has 32 heavy (non-hydrogen) atoms. The van der Waals surface area contributed by atoms with Crippen molar-refractivity contribution in [2.24, 2.45) is 40.9 Å². The van der Waals surface area contributed by atoms with Gasteiger partial charge in [-0.2, -0.15) is 0 Å².